The minimum Gasteiger partial charge on any atom is -0.506 e. The van der Waals surface area contributed by atoms with Crippen molar-refractivity contribution < 1.29 is 32.9 Å². The van der Waals surface area contributed by atoms with Crippen LogP contribution in [0.1, 0.15) is 60.3 Å². The van der Waals surface area contributed by atoms with E-state index in [4.69, 9.17) is 21.3 Å². The van der Waals surface area contributed by atoms with Gasteiger partial charge in [0.1, 0.15) is 18.0 Å². The number of aromatic hydroxyl groups is 1. The largest absolute Gasteiger partial charge is 0.506 e. The number of piperidine rings is 1. The van der Waals surface area contributed by atoms with Crippen molar-refractivity contribution in [3.8, 4) is 5.75 Å². The SMILES string of the molecule is O=C(Cn1c2c(c(=O)n3nc(C4=CCOCC4)nc13)[C@@]1(CC2)CCN(C(O)c2ncccc2O)[C@H]2C[C@H]21)Nc1ccc(C(F)(F)F)cc1Cl. The van der Waals surface area contributed by atoms with Crippen LogP contribution in [0.25, 0.3) is 11.4 Å². The molecule has 0 bridgehead atoms. The lowest BCUT2D eigenvalue weighted by atomic mass is 9.73. The van der Waals surface area contributed by atoms with Crippen molar-refractivity contribution in [2.45, 2.75) is 62.5 Å². The normalized spacial score (nSPS) is 24.1. The molecule has 2 aliphatic carbocycles. The van der Waals surface area contributed by atoms with Crippen molar-refractivity contribution >= 4 is 34.5 Å². The number of carbonyl (C=O) groups excluding carboxylic acids is 1. The van der Waals surface area contributed by atoms with Gasteiger partial charge in [-0.2, -0.15) is 22.7 Å². The molecule has 2 fully saturated rings. The summed E-state index contributed by atoms with van der Waals surface area (Å²) < 4.78 is 48.0. The average Bonchev–Trinajstić information content (AvgIpc) is 3.62. The molecule has 1 amide bonds. The Kier molecular flexibility index (Phi) is 7.59. The first kappa shape index (κ1) is 31.9. The van der Waals surface area contributed by atoms with E-state index >= 15 is 0 Å². The van der Waals surface area contributed by atoms with E-state index in [1.54, 1.807) is 10.6 Å². The van der Waals surface area contributed by atoms with Gasteiger partial charge < -0.3 is 24.8 Å². The summed E-state index contributed by atoms with van der Waals surface area (Å²) in [4.78, 5) is 38.8. The van der Waals surface area contributed by atoms with Crippen LogP contribution in [-0.2, 0) is 34.1 Å². The maximum Gasteiger partial charge on any atom is 0.416 e. The highest BCUT2D eigenvalue weighted by atomic mass is 35.5. The fraction of sp³-hybridized carbons (Fsp3) is 0.424. The van der Waals surface area contributed by atoms with E-state index in [1.165, 1.54) is 16.8 Å². The van der Waals surface area contributed by atoms with Crippen LogP contribution in [0.2, 0.25) is 5.02 Å². The first-order chi connectivity index (χ1) is 23.5. The highest BCUT2D eigenvalue weighted by molar-refractivity contribution is 6.33. The highest BCUT2D eigenvalue weighted by Crippen LogP contribution is 2.61. The number of anilines is 1. The van der Waals surface area contributed by atoms with Crippen LogP contribution < -0.4 is 10.9 Å². The number of nitrogens with zero attached hydrogens (tertiary/aromatic N) is 6. The minimum atomic E-state index is -4.59. The van der Waals surface area contributed by atoms with Gasteiger partial charge in [0.2, 0.25) is 11.7 Å². The molecule has 8 rings (SSSR count). The lowest BCUT2D eigenvalue weighted by molar-refractivity contribution is -0.137. The number of rotatable bonds is 6. The maximum atomic E-state index is 14.4. The number of benzene rings is 1. The first-order valence-corrected chi connectivity index (χ1v) is 16.4. The second-order valence-corrected chi connectivity index (χ2v) is 13.4. The summed E-state index contributed by atoms with van der Waals surface area (Å²) >= 11 is 6.14. The van der Waals surface area contributed by atoms with Crippen LogP contribution in [0.15, 0.2) is 47.4 Å². The Morgan fingerprint density at radius 3 is 2.80 bits per heavy atom. The lowest BCUT2D eigenvalue weighted by Gasteiger charge is -2.40. The number of aliphatic hydroxyl groups is 1. The molecule has 3 N–H and O–H groups in total. The molecule has 0 radical (unpaired) electrons. The Bertz CT molecular complexity index is 2100. The van der Waals surface area contributed by atoms with Crippen molar-refractivity contribution in [2.75, 3.05) is 25.1 Å². The van der Waals surface area contributed by atoms with Gasteiger partial charge in [0.05, 0.1) is 29.5 Å². The van der Waals surface area contributed by atoms with Gasteiger partial charge >= 0.3 is 6.18 Å². The molecule has 49 heavy (non-hydrogen) atoms. The molecule has 256 valence electrons. The Morgan fingerprint density at radius 1 is 1.22 bits per heavy atom. The van der Waals surface area contributed by atoms with Gasteiger partial charge in [-0.05, 0) is 73.9 Å². The predicted octanol–water partition coefficient (Wildman–Crippen LogP) is 4.08. The van der Waals surface area contributed by atoms with Crippen LogP contribution in [0, 0.1) is 5.92 Å². The number of carbonyl (C=O) groups is 1. The Morgan fingerprint density at radius 2 is 2.06 bits per heavy atom. The van der Waals surface area contributed by atoms with Gasteiger partial charge in [-0.3, -0.25) is 19.5 Å². The van der Waals surface area contributed by atoms with Gasteiger partial charge in [-0.1, -0.05) is 17.7 Å². The van der Waals surface area contributed by atoms with Crippen LogP contribution >= 0.6 is 11.6 Å². The van der Waals surface area contributed by atoms with Crippen molar-refractivity contribution in [1.82, 2.24) is 29.0 Å². The van der Waals surface area contributed by atoms with Crippen LogP contribution in [0.4, 0.5) is 18.9 Å². The fourth-order valence-electron chi connectivity index (χ4n) is 8.00. The molecule has 2 aliphatic heterocycles. The summed E-state index contributed by atoms with van der Waals surface area (Å²) in [5.41, 5.74) is 0.465. The molecule has 1 unspecified atom stereocenters. The number of fused-ring (bicyclic) bond motifs is 5. The van der Waals surface area contributed by atoms with E-state index in [0.29, 0.717) is 62.5 Å². The van der Waals surface area contributed by atoms with Gasteiger partial charge in [0.25, 0.3) is 5.56 Å². The fourth-order valence-corrected chi connectivity index (χ4v) is 8.22. The van der Waals surface area contributed by atoms with Gasteiger partial charge in [-0.15, -0.1) is 5.10 Å². The topological polar surface area (TPSA) is 147 Å². The minimum absolute atomic E-state index is 0.0186. The molecule has 1 saturated heterocycles. The molecule has 12 nitrogen and oxygen atoms in total. The van der Waals surface area contributed by atoms with Crippen LogP contribution in [0.3, 0.4) is 0 Å². The number of nitrogens with one attached hydrogen (secondary N) is 1. The summed E-state index contributed by atoms with van der Waals surface area (Å²) in [6, 6.07) is 5.72. The lowest BCUT2D eigenvalue weighted by Crippen LogP contribution is -2.47. The smallest absolute Gasteiger partial charge is 0.416 e. The zero-order valence-corrected chi connectivity index (χ0v) is 26.7. The number of pyridine rings is 1. The summed E-state index contributed by atoms with van der Waals surface area (Å²) in [6.45, 7) is 1.01. The number of hydrogen-bond acceptors (Lipinski definition) is 9. The van der Waals surface area contributed by atoms with Crippen molar-refractivity contribution in [3.05, 3.63) is 86.3 Å². The quantitative estimate of drug-likeness (QED) is 0.271. The zero-order chi connectivity index (χ0) is 34.2. The van der Waals surface area contributed by atoms with E-state index in [1.807, 2.05) is 11.0 Å². The van der Waals surface area contributed by atoms with Gasteiger partial charge in [0, 0.05) is 35.5 Å². The number of alkyl halides is 3. The van der Waals surface area contributed by atoms with E-state index in [0.717, 1.165) is 30.2 Å². The van der Waals surface area contributed by atoms with Gasteiger partial charge in [0.15, 0.2) is 12.1 Å². The number of hydrogen-bond donors (Lipinski definition) is 3. The van der Waals surface area contributed by atoms with Crippen molar-refractivity contribution in [1.29, 1.82) is 0 Å². The number of halogens is 4. The van der Waals surface area contributed by atoms with E-state index in [-0.39, 0.29) is 52.0 Å². The van der Waals surface area contributed by atoms with E-state index in [2.05, 4.69) is 15.4 Å². The number of amides is 1. The molecular weight excluding hydrogens is 667 g/mol. The van der Waals surface area contributed by atoms with Crippen molar-refractivity contribution in [3.63, 3.8) is 0 Å². The van der Waals surface area contributed by atoms with Gasteiger partial charge in [-0.25, -0.2) is 0 Å². The molecule has 1 saturated carbocycles. The number of likely N-dealkylation sites (tertiary alicyclic amines) is 1. The molecule has 5 heterocycles. The summed E-state index contributed by atoms with van der Waals surface area (Å²) in [7, 11) is 0. The Balaban J connectivity index is 1.16. The molecule has 4 aliphatic rings. The number of aliphatic hydroxyl groups excluding tert-OH is 1. The molecule has 4 atom stereocenters. The summed E-state index contributed by atoms with van der Waals surface area (Å²) in [6.07, 6.45) is 0.622. The summed E-state index contributed by atoms with van der Waals surface area (Å²) in [5.74, 6) is -0.0928. The van der Waals surface area contributed by atoms with E-state index in [9.17, 15) is 33.0 Å². The molecule has 4 aromatic rings. The second-order valence-electron chi connectivity index (χ2n) is 13.0. The zero-order valence-electron chi connectivity index (χ0n) is 26.0. The Labute approximate surface area is 281 Å². The maximum absolute atomic E-state index is 14.4. The highest BCUT2D eigenvalue weighted by Gasteiger charge is 2.63. The number of ether oxygens (including phenoxy) is 1. The van der Waals surface area contributed by atoms with Crippen molar-refractivity contribution in [2.24, 2.45) is 5.92 Å². The molecule has 3 aromatic heterocycles. The number of aromatic nitrogens is 5. The standard InChI is InChI=1S/C33H31ClF3N7O5/c34-20-14-18(33(35,36)37)3-4-21(20)39-25(46)16-43-22-5-8-32(9-11-42(23-15-19(23)32)30(48)27-24(45)2-1-10-38-27)26(22)29(47)44-31(43)40-28(41-44)17-6-12-49-13-7-17/h1-4,6,10,14,19,23,30,45,48H,5,7-9,11-13,15-16H2,(H,39,46)/t19-,23+,30?,32+/m1/s1. The predicted molar refractivity (Wildman–Crippen MR) is 170 cm³/mol. The average molecular weight is 698 g/mol. The monoisotopic (exact) mass is 697 g/mol. The van der Waals surface area contributed by atoms with E-state index < -0.39 is 29.3 Å². The molecule has 16 heteroatoms. The third-order valence-corrected chi connectivity index (χ3v) is 10.7. The molecular formula is C33H31ClF3N7O5. The molecule has 1 spiro atoms. The third kappa shape index (κ3) is 5.30. The second kappa shape index (κ2) is 11.6. The first-order valence-electron chi connectivity index (χ1n) is 16.0. The molecule has 1 aromatic carbocycles. The Hall–Kier alpha value is -4.31. The third-order valence-electron chi connectivity index (χ3n) is 10.4. The van der Waals surface area contributed by atoms with Crippen LogP contribution in [-0.4, -0.2) is 71.0 Å². The van der Waals surface area contributed by atoms with Crippen LogP contribution in [0.5, 0.6) is 5.75 Å². The summed E-state index contributed by atoms with van der Waals surface area (Å²) in [5, 5.41) is 28.5.